The molecule has 2 N–H and O–H groups in total. The van der Waals surface area contributed by atoms with E-state index in [9.17, 15) is 4.39 Å². The summed E-state index contributed by atoms with van der Waals surface area (Å²) >= 11 is 4.80. The van der Waals surface area contributed by atoms with Crippen LogP contribution >= 0.6 is 12.2 Å². The predicted molar refractivity (Wildman–Crippen MR) is 68.9 cm³/mol. The minimum Gasteiger partial charge on any atom is -0.389 e. The number of halogens is 1. The summed E-state index contributed by atoms with van der Waals surface area (Å²) in [5.41, 5.74) is 6.70. The molecule has 0 aliphatic heterocycles. The molecule has 1 rings (SSSR count). The number of nitrogens with two attached hydrogens (primary N) is 1. The fourth-order valence-electron chi connectivity index (χ4n) is 1.52. The first-order chi connectivity index (χ1) is 7.58. The molecule has 0 saturated carbocycles. The van der Waals surface area contributed by atoms with Gasteiger partial charge < -0.3 is 5.73 Å². The average Bonchev–Trinajstić information content (AvgIpc) is 2.27. The molecule has 0 bridgehead atoms. The molecule has 0 aromatic heterocycles. The van der Waals surface area contributed by atoms with Crippen molar-refractivity contribution in [1.29, 1.82) is 0 Å². The highest BCUT2D eigenvalue weighted by atomic mass is 32.1. The van der Waals surface area contributed by atoms with Gasteiger partial charge in [-0.3, -0.25) is 4.90 Å². The molecule has 16 heavy (non-hydrogen) atoms. The molecule has 0 radical (unpaired) electrons. The number of hydrogen-bond donors (Lipinski definition) is 1. The van der Waals surface area contributed by atoms with Crippen molar-refractivity contribution in [3.8, 4) is 0 Å². The lowest BCUT2D eigenvalue weighted by atomic mass is 10.1. The zero-order valence-corrected chi connectivity index (χ0v) is 10.5. The quantitative estimate of drug-likeness (QED) is 0.801. The summed E-state index contributed by atoms with van der Waals surface area (Å²) in [6, 6.07) is 4.92. The maximum atomic E-state index is 13.7. The largest absolute Gasteiger partial charge is 0.389 e. The smallest absolute Gasteiger partial charge is 0.128 e. The van der Waals surface area contributed by atoms with Crippen molar-refractivity contribution < 1.29 is 4.39 Å². The summed E-state index contributed by atoms with van der Waals surface area (Å²) < 4.78 is 13.7. The molecule has 0 heterocycles. The highest BCUT2D eigenvalue weighted by molar-refractivity contribution is 7.80. The molecule has 0 aliphatic carbocycles. The normalized spacial score (nSPS) is 10.8. The van der Waals surface area contributed by atoms with Crippen molar-refractivity contribution in [3.05, 3.63) is 35.1 Å². The van der Waals surface area contributed by atoms with Gasteiger partial charge in [0.15, 0.2) is 0 Å². The van der Waals surface area contributed by atoms with E-state index in [0.29, 0.717) is 17.7 Å². The Hall–Kier alpha value is -1.00. The summed E-state index contributed by atoms with van der Waals surface area (Å²) in [6.07, 6.45) is 0. The standard InChI is InChI=1S/C12H17FN2S/c1-3-15(4-2)8-10-6-5-9(12(14)16)7-11(10)13/h5-7H,3-4,8H2,1-2H3,(H2,14,16). The first kappa shape index (κ1) is 13.1. The zero-order valence-electron chi connectivity index (χ0n) is 9.66. The lowest BCUT2D eigenvalue weighted by molar-refractivity contribution is 0.291. The zero-order chi connectivity index (χ0) is 12.1. The molecule has 0 saturated heterocycles. The van der Waals surface area contributed by atoms with Crippen LogP contribution < -0.4 is 5.73 Å². The van der Waals surface area contributed by atoms with Gasteiger partial charge in [0.05, 0.1) is 0 Å². The number of rotatable bonds is 5. The van der Waals surface area contributed by atoms with Crippen molar-refractivity contribution >= 4 is 17.2 Å². The predicted octanol–water partition coefficient (Wildman–Crippen LogP) is 2.30. The van der Waals surface area contributed by atoms with Crippen LogP contribution in [-0.2, 0) is 6.54 Å². The number of nitrogens with zero attached hydrogens (tertiary/aromatic N) is 1. The van der Waals surface area contributed by atoms with Crippen LogP contribution in [0, 0.1) is 5.82 Å². The Morgan fingerprint density at radius 3 is 2.44 bits per heavy atom. The molecule has 1 aromatic carbocycles. The van der Waals surface area contributed by atoms with Gasteiger partial charge in [-0.05, 0) is 19.2 Å². The minimum atomic E-state index is -0.239. The summed E-state index contributed by atoms with van der Waals surface area (Å²) in [6.45, 7) is 6.56. The Labute approximate surface area is 101 Å². The van der Waals surface area contributed by atoms with Gasteiger partial charge >= 0.3 is 0 Å². The van der Waals surface area contributed by atoms with E-state index in [1.807, 2.05) is 0 Å². The Bertz CT molecular complexity index is 375. The molecular formula is C12H17FN2S. The summed E-state index contributed by atoms with van der Waals surface area (Å²) in [7, 11) is 0. The Kier molecular flexibility index (Phi) is 4.83. The van der Waals surface area contributed by atoms with E-state index in [4.69, 9.17) is 18.0 Å². The molecule has 1 aromatic rings. The number of hydrogen-bond acceptors (Lipinski definition) is 2. The molecule has 4 heteroatoms. The lowest BCUT2D eigenvalue weighted by Crippen LogP contribution is -2.23. The topological polar surface area (TPSA) is 29.3 Å². The molecule has 0 amide bonds. The van der Waals surface area contributed by atoms with Crippen LogP contribution in [0.1, 0.15) is 25.0 Å². The van der Waals surface area contributed by atoms with E-state index in [-0.39, 0.29) is 10.8 Å². The molecule has 2 nitrogen and oxygen atoms in total. The van der Waals surface area contributed by atoms with Gasteiger partial charge in [0.2, 0.25) is 0 Å². The van der Waals surface area contributed by atoms with Crippen LogP contribution in [0.2, 0.25) is 0 Å². The van der Waals surface area contributed by atoms with Crippen molar-refractivity contribution in [2.75, 3.05) is 13.1 Å². The summed E-state index contributed by atoms with van der Waals surface area (Å²) in [4.78, 5) is 2.38. The molecule has 0 aliphatic rings. The third-order valence-corrected chi connectivity index (χ3v) is 2.86. The van der Waals surface area contributed by atoms with E-state index in [0.717, 1.165) is 13.1 Å². The first-order valence-corrected chi connectivity index (χ1v) is 5.79. The van der Waals surface area contributed by atoms with Crippen molar-refractivity contribution in [2.24, 2.45) is 5.73 Å². The van der Waals surface area contributed by atoms with Crippen molar-refractivity contribution in [1.82, 2.24) is 4.90 Å². The van der Waals surface area contributed by atoms with Crippen molar-refractivity contribution in [3.63, 3.8) is 0 Å². The van der Waals surface area contributed by atoms with E-state index < -0.39 is 0 Å². The molecular weight excluding hydrogens is 223 g/mol. The van der Waals surface area contributed by atoms with Crippen molar-refractivity contribution in [2.45, 2.75) is 20.4 Å². The summed E-state index contributed by atoms with van der Waals surface area (Å²) in [5, 5.41) is 0. The minimum absolute atomic E-state index is 0.230. The summed E-state index contributed by atoms with van der Waals surface area (Å²) in [5.74, 6) is -0.239. The van der Waals surface area contributed by atoms with E-state index in [2.05, 4.69) is 18.7 Å². The molecule has 88 valence electrons. The highest BCUT2D eigenvalue weighted by Gasteiger charge is 2.08. The Morgan fingerprint density at radius 1 is 1.38 bits per heavy atom. The van der Waals surface area contributed by atoms with Crippen LogP contribution in [-0.4, -0.2) is 23.0 Å². The maximum absolute atomic E-state index is 13.7. The van der Waals surface area contributed by atoms with E-state index >= 15 is 0 Å². The fourth-order valence-corrected chi connectivity index (χ4v) is 1.64. The van der Waals surface area contributed by atoms with Crippen LogP contribution in [0.25, 0.3) is 0 Å². The monoisotopic (exact) mass is 240 g/mol. The number of benzene rings is 1. The average molecular weight is 240 g/mol. The van der Waals surface area contributed by atoms with Gasteiger partial charge in [-0.25, -0.2) is 4.39 Å². The molecule has 0 atom stereocenters. The maximum Gasteiger partial charge on any atom is 0.128 e. The van der Waals surface area contributed by atoms with Crippen LogP contribution in [0.5, 0.6) is 0 Å². The van der Waals surface area contributed by atoms with E-state index in [1.165, 1.54) is 6.07 Å². The number of thiocarbonyl (C=S) groups is 1. The van der Waals surface area contributed by atoms with Gasteiger partial charge in [0.25, 0.3) is 0 Å². The Balaban J connectivity index is 2.86. The van der Waals surface area contributed by atoms with Gasteiger partial charge in [-0.15, -0.1) is 0 Å². The molecule has 0 unspecified atom stereocenters. The first-order valence-electron chi connectivity index (χ1n) is 5.39. The fraction of sp³-hybridized carbons (Fsp3) is 0.417. The van der Waals surface area contributed by atoms with Gasteiger partial charge in [0.1, 0.15) is 10.8 Å². The second-order valence-electron chi connectivity index (χ2n) is 3.63. The van der Waals surface area contributed by atoms with Crippen LogP contribution in [0.4, 0.5) is 4.39 Å². The Morgan fingerprint density at radius 2 is 2.00 bits per heavy atom. The molecule has 0 fully saturated rings. The SMILES string of the molecule is CCN(CC)Cc1ccc(C(N)=S)cc1F. The lowest BCUT2D eigenvalue weighted by Gasteiger charge is -2.18. The third-order valence-electron chi connectivity index (χ3n) is 2.63. The van der Waals surface area contributed by atoms with Gasteiger partial charge in [-0.1, -0.05) is 38.2 Å². The van der Waals surface area contributed by atoms with E-state index in [1.54, 1.807) is 12.1 Å². The van der Waals surface area contributed by atoms with Gasteiger partial charge in [0, 0.05) is 17.7 Å². The third kappa shape index (κ3) is 3.25. The second-order valence-corrected chi connectivity index (χ2v) is 4.07. The second kappa shape index (κ2) is 5.92. The van der Waals surface area contributed by atoms with Crippen LogP contribution in [0.3, 0.4) is 0 Å². The van der Waals surface area contributed by atoms with Gasteiger partial charge in [-0.2, -0.15) is 0 Å². The van der Waals surface area contributed by atoms with Crippen LogP contribution in [0.15, 0.2) is 18.2 Å². The highest BCUT2D eigenvalue weighted by Crippen LogP contribution is 2.12. The molecule has 0 spiro atoms.